The second-order valence-electron chi connectivity index (χ2n) is 8.61. The minimum Gasteiger partial charge on any atom is -0.446 e. The lowest BCUT2D eigenvalue weighted by Crippen LogP contribution is -2.44. The molecule has 3 nitrogen and oxygen atoms in total. The molecule has 1 spiro atoms. The van der Waals surface area contributed by atoms with Gasteiger partial charge in [-0.3, -0.25) is 4.90 Å². The fraction of sp³-hybridized carbons (Fsp3) is 0.895. The lowest BCUT2D eigenvalue weighted by molar-refractivity contribution is 0.0127. The topological polar surface area (TPSA) is 29.5 Å². The van der Waals surface area contributed by atoms with Gasteiger partial charge in [0.1, 0.15) is 12.6 Å². The van der Waals surface area contributed by atoms with Crippen LogP contribution in [0.3, 0.4) is 0 Å². The summed E-state index contributed by atoms with van der Waals surface area (Å²) in [6, 6.07) is 0. The van der Waals surface area contributed by atoms with Crippen LogP contribution in [0.15, 0.2) is 0 Å². The van der Waals surface area contributed by atoms with Gasteiger partial charge >= 0.3 is 6.09 Å². The fourth-order valence-corrected chi connectivity index (χ4v) is 4.36. The number of hydrogen-bond acceptors (Lipinski definition) is 2. The summed E-state index contributed by atoms with van der Waals surface area (Å²) < 4.78 is 5.85. The van der Waals surface area contributed by atoms with Crippen molar-refractivity contribution in [3.63, 3.8) is 0 Å². The van der Waals surface area contributed by atoms with Gasteiger partial charge in [0, 0.05) is 11.0 Å². The normalized spacial score (nSPS) is 23.8. The molecule has 0 aromatic rings. The maximum absolute atomic E-state index is 12.7. The Morgan fingerprint density at radius 2 is 1.59 bits per heavy atom. The Morgan fingerprint density at radius 3 is 2.09 bits per heavy atom. The lowest BCUT2D eigenvalue weighted by Gasteiger charge is -2.33. The van der Waals surface area contributed by atoms with E-state index in [2.05, 4.69) is 48.1 Å². The molecule has 126 valence electrons. The van der Waals surface area contributed by atoms with Crippen LogP contribution in [0.4, 0.5) is 4.79 Å². The van der Waals surface area contributed by atoms with Gasteiger partial charge in [-0.2, -0.15) is 0 Å². The molecule has 22 heavy (non-hydrogen) atoms. The zero-order valence-electron chi connectivity index (χ0n) is 15.2. The molecule has 0 N–H and O–H groups in total. The molecule has 1 aliphatic heterocycles. The number of ether oxygens (including phenoxy) is 1. The molecule has 2 fully saturated rings. The van der Waals surface area contributed by atoms with E-state index in [1.807, 2.05) is 0 Å². The molecule has 1 saturated heterocycles. The smallest absolute Gasteiger partial charge is 0.411 e. The van der Waals surface area contributed by atoms with Gasteiger partial charge < -0.3 is 4.74 Å². The summed E-state index contributed by atoms with van der Waals surface area (Å²) in [5.41, 5.74) is -0.0845. The van der Waals surface area contributed by atoms with Crippen molar-refractivity contribution < 1.29 is 9.53 Å². The number of carbonyl (C=O) groups is 1. The SMILES string of the molecule is CC(C)C(OC(=O)N1[C]C2(CCCCC2)CC1(C)C)C(C)C. The Hall–Kier alpha value is -0.730. The Bertz CT molecular complexity index is 386. The van der Waals surface area contributed by atoms with Crippen LogP contribution in [0, 0.1) is 23.8 Å². The molecule has 1 saturated carbocycles. The van der Waals surface area contributed by atoms with Crippen LogP contribution >= 0.6 is 0 Å². The van der Waals surface area contributed by atoms with Crippen molar-refractivity contribution in [2.45, 2.75) is 91.7 Å². The molecule has 0 aromatic carbocycles. The highest BCUT2D eigenvalue weighted by molar-refractivity contribution is 5.70. The lowest BCUT2D eigenvalue weighted by atomic mass is 9.71. The first-order valence-electron chi connectivity index (χ1n) is 8.96. The summed E-state index contributed by atoms with van der Waals surface area (Å²) in [5.74, 6) is 0.664. The fourth-order valence-electron chi connectivity index (χ4n) is 4.36. The Balaban J connectivity index is 2.08. The van der Waals surface area contributed by atoms with Crippen molar-refractivity contribution >= 4 is 6.09 Å². The van der Waals surface area contributed by atoms with Crippen molar-refractivity contribution in [2.75, 3.05) is 0 Å². The van der Waals surface area contributed by atoms with Gasteiger partial charge in [-0.05, 0) is 44.9 Å². The zero-order chi connectivity index (χ0) is 16.5. The Kier molecular flexibility index (Phi) is 5.13. The molecule has 3 heteroatoms. The molecule has 0 unspecified atom stereocenters. The van der Waals surface area contributed by atoms with Crippen LogP contribution in [0.5, 0.6) is 0 Å². The Labute approximate surface area is 136 Å². The van der Waals surface area contributed by atoms with Crippen molar-refractivity contribution in [3.8, 4) is 0 Å². The minimum atomic E-state index is -0.208. The molecule has 2 radical (unpaired) electrons. The molecule has 0 atom stereocenters. The first kappa shape index (κ1) is 17.6. The largest absolute Gasteiger partial charge is 0.446 e. The maximum atomic E-state index is 12.7. The molecule has 2 rings (SSSR count). The number of rotatable bonds is 3. The summed E-state index contributed by atoms with van der Waals surface area (Å²) in [7, 11) is 0. The first-order valence-corrected chi connectivity index (χ1v) is 8.96. The van der Waals surface area contributed by atoms with Gasteiger partial charge in [0.2, 0.25) is 0 Å². The van der Waals surface area contributed by atoms with Gasteiger partial charge in [0.05, 0.1) is 0 Å². The molecule has 2 aliphatic rings. The second-order valence-corrected chi connectivity index (χ2v) is 8.61. The van der Waals surface area contributed by atoms with Crippen LogP contribution < -0.4 is 0 Å². The van der Waals surface area contributed by atoms with Crippen LogP contribution in [-0.2, 0) is 4.74 Å². The van der Waals surface area contributed by atoms with Crippen LogP contribution in [0.2, 0.25) is 0 Å². The van der Waals surface area contributed by atoms with Crippen LogP contribution in [0.1, 0.15) is 80.1 Å². The van der Waals surface area contributed by atoms with Gasteiger partial charge in [-0.1, -0.05) is 47.0 Å². The highest BCUT2D eigenvalue weighted by Gasteiger charge is 2.52. The number of likely N-dealkylation sites (tertiary alicyclic amines) is 1. The third-order valence-corrected chi connectivity index (χ3v) is 5.27. The molecule has 1 heterocycles. The standard InChI is InChI=1S/C19H33NO2/c1-14(2)16(15(3)4)22-17(21)20-13-19(12-18(20,5)6)10-8-7-9-11-19/h14-16H,7-12H2,1-6H3. The predicted octanol–water partition coefficient (Wildman–Crippen LogP) is 5.28. The number of hydrogen-bond donors (Lipinski definition) is 0. The van der Waals surface area contributed by atoms with Crippen molar-refractivity contribution in [3.05, 3.63) is 6.54 Å². The third-order valence-electron chi connectivity index (χ3n) is 5.27. The van der Waals surface area contributed by atoms with E-state index in [-0.39, 0.29) is 23.2 Å². The van der Waals surface area contributed by atoms with Crippen LogP contribution in [-0.4, -0.2) is 22.6 Å². The summed E-state index contributed by atoms with van der Waals surface area (Å²) in [6.07, 6.45) is 6.93. The Morgan fingerprint density at radius 1 is 1.05 bits per heavy atom. The molecule has 1 aliphatic carbocycles. The number of amides is 1. The highest BCUT2D eigenvalue weighted by Crippen LogP contribution is 2.52. The molecule has 0 bridgehead atoms. The summed E-state index contributed by atoms with van der Waals surface area (Å²) in [6.45, 7) is 16.3. The van der Waals surface area contributed by atoms with E-state index in [0.717, 1.165) is 19.3 Å². The molecular weight excluding hydrogens is 274 g/mol. The predicted molar refractivity (Wildman–Crippen MR) is 89.2 cm³/mol. The van der Waals surface area contributed by atoms with Gasteiger partial charge in [0.25, 0.3) is 0 Å². The number of nitrogens with zero attached hydrogens (tertiary/aromatic N) is 1. The van der Waals surface area contributed by atoms with Gasteiger partial charge in [-0.25, -0.2) is 4.79 Å². The average Bonchev–Trinajstić information content (AvgIpc) is 2.66. The van der Waals surface area contributed by atoms with Crippen LogP contribution in [0.25, 0.3) is 0 Å². The number of carbonyl (C=O) groups excluding carboxylic acids is 1. The third kappa shape index (κ3) is 3.60. The van der Waals surface area contributed by atoms with Gasteiger partial charge in [0.15, 0.2) is 0 Å². The quantitative estimate of drug-likeness (QED) is 0.710. The monoisotopic (exact) mass is 307 g/mol. The molecule has 1 amide bonds. The zero-order valence-corrected chi connectivity index (χ0v) is 15.2. The van der Waals surface area contributed by atoms with E-state index in [1.54, 1.807) is 4.90 Å². The van der Waals surface area contributed by atoms with E-state index in [9.17, 15) is 4.79 Å². The first-order chi connectivity index (χ1) is 10.2. The summed E-state index contributed by atoms with van der Waals surface area (Å²) in [5, 5.41) is 0. The van der Waals surface area contributed by atoms with E-state index >= 15 is 0 Å². The van der Waals surface area contributed by atoms with Crippen molar-refractivity contribution in [1.82, 2.24) is 4.90 Å². The summed E-state index contributed by atoms with van der Waals surface area (Å²) in [4.78, 5) is 14.5. The summed E-state index contributed by atoms with van der Waals surface area (Å²) >= 11 is 0. The molecular formula is C19H33NO2. The second kappa shape index (κ2) is 6.41. The van der Waals surface area contributed by atoms with E-state index < -0.39 is 0 Å². The highest BCUT2D eigenvalue weighted by atomic mass is 16.6. The molecule has 0 aromatic heterocycles. The van der Waals surface area contributed by atoms with Gasteiger partial charge in [-0.15, -0.1) is 0 Å². The van der Waals surface area contributed by atoms with E-state index in [0.29, 0.717) is 11.8 Å². The van der Waals surface area contributed by atoms with E-state index in [1.165, 1.54) is 19.3 Å². The van der Waals surface area contributed by atoms with Crippen molar-refractivity contribution in [1.29, 1.82) is 0 Å². The van der Waals surface area contributed by atoms with E-state index in [4.69, 9.17) is 4.74 Å². The maximum Gasteiger partial charge on any atom is 0.411 e. The van der Waals surface area contributed by atoms with Crippen molar-refractivity contribution in [2.24, 2.45) is 17.3 Å². The average molecular weight is 307 g/mol. The minimum absolute atomic E-state index is 0.0343.